The van der Waals surface area contributed by atoms with Gasteiger partial charge in [-0.1, -0.05) is 22.0 Å². The van der Waals surface area contributed by atoms with Crippen LogP contribution in [0.15, 0.2) is 41.0 Å². The van der Waals surface area contributed by atoms with Crippen molar-refractivity contribution in [1.82, 2.24) is 4.98 Å². The van der Waals surface area contributed by atoms with Crippen LogP contribution in [0.1, 0.15) is 5.56 Å². The lowest BCUT2D eigenvalue weighted by atomic mass is 10.2. The van der Waals surface area contributed by atoms with Gasteiger partial charge in [0.2, 0.25) is 0 Å². The van der Waals surface area contributed by atoms with Gasteiger partial charge in [0.05, 0.1) is 0 Å². The summed E-state index contributed by atoms with van der Waals surface area (Å²) in [4.78, 5) is 3.91. The van der Waals surface area contributed by atoms with Crippen molar-refractivity contribution in [2.24, 2.45) is 0 Å². The second-order valence-corrected chi connectivity index (χ2v) is 4.34. The maximum Gasteiger partial charge on any atom is 0.132 e. The molecule has 1 heterocycles. The first-order valence-corrected chi connectivity index (χ1v) is 5.60. The van der Waals surface area contributed by atoms with Gasteiger partial charge >= 0.3 is 0 Å². The standard InChI is InChI=1S/C12H11BrN2O/c1-8-2-3-9(13)6-11(8)16-10-4-5-15-12(14)7-10/h2-7H,1H3,(H2,14,15). The number of halogens is 1. The van der Waals surface area contributed by atoms with Gasteiger partial charge in [0.1, 0.15) is 17.3 Å². The predicted octanol–water partition coefficient (Wildman–Crippen LogP) is 3.53. The predicted molar refractivity (Wildman–Crippen MR) is 67.6 cm³/mol. The SMILES string of the molecule is Cc1ccc(Br)cc1Oc1ccnc(N)c1. The van der Waals surface area contributed by atoms with Crippen molar-refractivity contribution in [3.05, 3.63) is 46.6 Å². The van der Waals surface area contributed by atoms with Gasteiger partial charge in [0.25, 0.3) is 0 Å². The number of hydrogen-bond donors (Lipinski definition) is 1. The molecular formula is C12H11BrN2O. The molecule has 0 aliphatic heterocycles. The van der Waals surface area contributed by atoms with E-state index in [9.17, 15) is 0 Å². The summed E-state index contributed by atoms with van der Waals surface area (Å²) in [6, 6.07) is 9.36. The Morgan fingerprint density at radius 3 is 2.81 bits per heavy atom. The number of nitrogens with zero attached hydrogens (tertiary/aromatic N) is 1. The molecule has 82 valence electrons. The van der Waals surface area contributed by atoms with Crippen molar-refractivity contribution in [3.8, 4) is 11.5 Å². The van der Waals surface area contributed by atoms with E-state index < -0.39 is 0 Å². The molecule has 2 rings (SSSR count). The molecule has 0 bridgehead atoms. The first-order chi connectivity index (χ1) is 7.65. The molecular weight excluding hydrogens is 268 g/mol. The van der Waals surface area contributed by atoms with Crippen molar-refractivity contribution < 1.29 is 4.74 Å². The molecule has 0 amide bonds. The second-order valence-electron chi connectivity index (χ2n) is 3.43. The normalized spacial score (nSPS) is 10.1. The van der Waals surface area contributed by atoms with Crippen LogP contribution in [0, 0.1) is 6.92 Å². The molecule has 0 atom stereocenters. The molecule has 4 heteroatoms. The van der Waals surface area contributed by atoms with Crippen molar-refractivity contribution in [2.75, 3.05) is 5.73 Å². The highest BCUT2D eigenvalue weighted by molar-refractivity contribution is 9.10. The molecule has 1 aromatic carbocycles. The number of benzene rings is 1. The van der Waals surface area contributed by atoms with Gasteiger partial charge in [-0.3, -0.25) is 0 Å². The third-order valence-corrected chi connectivity index (χ3v) is 2.62. The third-order valence-electron chi connectivity index (χ3n) is 2.13. The average Bonchev–Trinajstić information content (AvgIpc) is 2.24. The fourth-order valence-electron chi connectivity index (χ4n) is 1.30. The van der Waals surface area contributed by atoms with Gasteiger partial charge in [0, 0.05) is 16.7 Å². The lowest BCUT2D eigenvalue weighted by Gasteiger charge is -2.09. The fraction of sp³-hybridized carbons (Fsp3) is 0.0833. The Balaban J connectivity index is 2.30. The van der Waals surface area contributed by atoms with E-state index in [0.29, 0.717) is 11.6 Å². The maximum atomic E-state index is 5.72. The second kappa shape index (κ2) is 4.53. The number of pyridine rings is 1. The topological polar surface area (TPSA) is 48.1 Å². The maximum absolute atomic E-state index is 5.72. The van der Waals surface area contributed by atoms with E-state index in [1.165, 1.54) is 0 Å². The summed E-state index contributed by atoms with van der Waals surface area (Å²) < 4.78 is 6.70. The van der Waals surface area contributed by atoms with Crippen LogP contribution in [0.5, 0.6) is 11.5 Å². The monoisotopic (exact) mass is 278 g/mol. The first-order valence-electron chi connectivity index (χ1n) is 4.81. The lowest BCUT2D eigenvalue weighted by molar-refractivity contribution is 0.478. The zero-order valence-electron chi connectivity index (χ0n) is 8.77. The van der Waals surface area contributed by atoms with Crippen LogP contribution in [0.2, 0.25) is 0 Å². The number of rotatable bonds is 2. The molecule has 2 aromatic rings. The summed E-state index contributed by atoms with van der Waals surface area (Å²) in [5, 5.41) is 0. The van der Waals surface area contributed by atoms with Crippen molar-refractivity contribution in [3.63, 3.8) is 0 Å². The molecule has 2 N–H and O–H groups in total. The number of ether oxygens (including phenoxy) is 1. The Labute approximate surface area is 102 Å². The molecule has 0 aliphatic carbocycles. The summed E-state index contributed by atoms with van der Waals surface area (Å²) in [5.74, 6) is 1.94. The molecule has 0 spiro atoms. The minimum absolute atomic E-state index is 0.449. The Morgan fingerprint density at radius 2 is 2.06 bits per heavy atom. The average molecular weight is 279 g/mol. The smallest absolute Gasteiger partial charge is 0.132 e. The van der Waals surface area contributed by atoms with E-state index in [0.717, 1.165) is 15.8 Å². The van der Waals surface area contributed by atoms with Crippen LogP contribution >= 0.6 is 15.9 Å². The minimum atomic E-state index is 0.449. The number of aryl methyl sites for hydroxylation is 1. The van der Waals surface area contributed by atoms with Crippen molar-refractivity contribution >= 4 is 21.7 Å². The number of hydrogen-bond acceptors (Lipinski definition) is 3. The molecule has 3 nitrogen and oxygen atoms in total. The highest BCUT2D eigenvalue weighted by Crippen LogP contribution is 2.28. The van der Waals surface area contributed by atoms with Gasteiger partial charge in [-0.15, -0.1) is 0 Å². The van der Waals surface area contributed by atoms with Gasteiger partial charge in [-0.05, 0) is 30.7 Å². The van der Waals surface area contributed by atoms with Crippen LogP contribution in [-0.4, -0.2) is 4.98 Å². The number of aromatic nitrogens is 1. The molecule has 0 radical (unpaired) electrons. The van der Waals surface area contributed by atoms with E-state index in [4.69, 9.17) is 10.5 Å². The lowest BCUT2D eigenvalue weighted by Crippen LogP contribution is -1.92. The fourth-order valence-corrected chi connectivity index (χ4v) is 1.64. The van der Waals surface area contributed by atoms with Gasteiger partial charge < -0.3 is 10.5 Å². The Hall–Kier alpha value is -1.55. The summed E-state index contributed by atoms with van der Waals surface area (Å²) >= 11 is 3.41. The Bertz CT molecular complexity index is 514. The number of nitrogen functional groups attached to an aromatic ring is 1. The van der Waals surface area contributed by atoms with E-state index in [1.807, 2.05) is 25.1 Å². The summed E-state index contributed by atoms with van der Waals surface area (Å²) in [6.07, 6.45) is 1.62. The van der Waals surface area contributed by atoms with Crippen LogP contribution < -0.4 is 10.5 Å². The van der Waals surface area contributed by atoms with Gasteiger partial charge in [-0.25, -0.2) is 4.98 Å². The largest absolute Gasteiger partial charge is 0.457 e. The molecule has 0 unspecified atom stereocenters. The molecule has 16 heavy (non-hydrogen) atoms. The van der Waals surface area contributed by atoms with Crippen LogP contribution in [0.25, 0.3) is 0 Å². The van der Waals surface area contributed by atoms with Crippen LogP contribution in [-0.2, 0) is 0 Å². The molecule has 1 aromatic heterocycles. The molecule has 0 fully saturated rings. The van der Waals surface area contributed by atoms with Crippen LogP contribution in [0.4, 0.5) is 5.82 Å². The Kier molecular flexibility index (Phi) is 3.10. The number of nitrogens with two attached hydrogens (primary N) is 1. The van der Waals surface area contributed by atoms with Crippen LogP contribution in [0.3, 0.4) is 0 Å². The first kappa shape index (κ1) is 11.0. The van der Waals surface area contributed by atoms with E-state index in [1.54, 1.807) is 18.3 Å². The van der Waals surface area contributed by atoms with Crippen molar-refractivity contribution in [1.29, 1.82) is 0 Å². The van der Waals surface area contributed by atoms with Crippen molar-refractivity contribution in [2.45, 2.75) is 6.92 Å². The highest BCUT2D eigenvalue weighted by Gasteiger charge is 2.02. The zero-order valence-corrected chi connectivity index (χ0v) is 10.4. The van der Waals surface area contributed by atoms with Gasteiger partial charge in [-0.2, -0.15) is 0 Å². The highest BCUT2D eigenvalue weighted by atomic mass is 79.9. The number of anilines is 1. The summed E-state index contributed by atoms with van der Waals surface area (Å²) in [7, 11) is 0. The van der Waals surface area contributed by atoms with Gasteiger partial charge in [0.15, 0.2) is 0 Å². The minimum Gasteiger partial charge on any atom is -0.457 e. The third kappa shape index (κ3) is 2.52. The quantitative estimate of drug-likeness (QED) is 0.914. The molecule has 0 saturated heterocycles. The zero-order chi connectivity index (χ0) is 11.5. The van der Waals surface area contributed by atoms with E-state index >= 15 is 0 Å². The van der Waals surface area contributed by atoms with E-state index in [-0.39, 0.29) is 0 Å². The van der Waals surface area contributed by atoms with E-state index in [2.05, 4.69) is 20.9 Å². The summed E-state index contributed by atoms with van der Waals surface area (Å²) in [6.45, 7) is 1.99. The summed E-state index contributed by atoms with van der Waals surface area (Å²) in [5.41, 5.74) is 6.65. The molecule has 0 saturated carbocycles. The molecule has 0 aliphatic rings. The Morgan fingerprint density at radius 1 is 1.25 bits per heavy atom.